The molecule has 2 nitrogen and oxygen atoms in total. The molecule has 4 rings (SSSR count). The lowest BCUT2D eigenvalue weighted by Gasteiger charge is -2.52. The van der Waals surface area contributed by atoms with Crippen LogP contribution in [0.2, 0.25) is 0 Å². The molecule has 0 amide bonds. The Kier molecular flexibility index (Phi) is 4.29. The van der Waals surface area contributed by atoms with Crippen molar-refractivity contribution < 1.29 is 10.2 Å². The predicted octanol–water partition coefficient (Wildman–Crippen LogP) is 4.37. The van der Waals surface area contributed by atoms with Gasteiger partial charge in [0, 0.05) is 5.41 Å². The molecule has 0 aromatic heterocycles. The highest BCUT2D eigenvalue weighted by Crippen LogP contribution is 2.54. The van der Waals surface area contributed by atoms with Crippen molar-refractivity contribution in [2.24, 2.45) is 5.92 Å². The lowest BCUT2D eigenvalue weighted by Crippen LogP contribution is -2.50. The SMILES string of the molecule is CC#CC1(O)CCC2(Cc3ccccc3)c3ccc(O)cc3CCC2C1. The van der Waals surface area contributed by atoms with Gasteiger partial charge in [0.1, 0.15) is 11.4 Å². The van der Waals surface area contributed by atoms with E-state index in [-0.39, 0.29) is 5.41 Å². The zero-order valence-corrected chi connectivity index (χ0v) is 15.3. The van der Waals surface area contributed by atoms with Crippen molar-refractivity contribution in [2.45, 2.75) is 56.5 Å². The van der Waals surface area contributed by atoms with E-state index in [1.807, 2.05) is 19.1 Å². The smallest absolute Gasteiger partial charge is 0.125 e. The summed E-state index contributed by atoms with van der Waals surface area (Å²) in [4.78, 5) is 0. The van der Waals surface area contributed by atoms with E-state index in [9.17, 15) is 10.2 Å². The van der Waals surface area contributed by atoms with Crippen LogP contribution in [0, 0.1) is 17.8 Å². The van der Waals surface area contributed by atoms with Crippen LogP contribution in [0.5, 0.6) is 5.75 Å². The Balaban J connectivity index is 1.79. The number of aliphatic hydroxyl groups is 1. The molecule has 2 aromatic carbocycles. The molecular weight excluding hydrogens is 320 g/mol. The van der Waals surface area contributed by atoms with Gasteiger partial charge in [-0.2, -0.15) is 0 Å². The molecule has 3 atom stereocenters. The summed E-state index contributed by atoms with van der Waals surface area (Å²) >= 11 is 0. The average Bonchev–Trinajstić information content (AvgIpc) is 2.63. The summed E-state index contributed by atoms with van der Waals surface area (Å²) < 4.78 is 0. The minimum absolute atomic E-state index is 0.0181. The van der Waals surface area contributed by atoms with Crippen LogP contribution >= 0.6 is 0 Å². The Morgan fingerprint density at radius 3 is 2.69 bits per heavy atom. The third-order valence-electron chi connectivity index (χ3n) is 6.46. The van der Waals surface area contributed by atoms with Crippen LogP contribution in [0.1, 0.15) is 49.3 Å². The summed E-state index contributed by atoms with van der Waals surface area (Å²) in [6.45, 7) is 1.81. The number of phenols is 1. The van der Waals surface area contributed by atoms with Crippen LogP contribution in [-0.2, 0) is 18.3 Å². The number of fused-ring (bicyclic) bond motifs is 3. The van der Waals surface area contributed by atoms with Crippen molar-refractivity contribution in [2.75, 3.05) is 0 Å². The summed E-state index contributed by atoms with van der Waals surface area (Å²) in [5.74, 6) is 6.75. The Morgan fingerprint density at radius 2 is 1.92 bits per heavy atom. The van der Waals surface area contributed by atoms with Gasteiger partial charge in [0.15, 0.2) is 0 Å². The number of hydrogen-bond acceptors (Lipinski definition) is 2. The van der Waals surface area contributed by atoms with E-state index in [0.717, 1.165) is 32.1 Å². The first-order valence-electron chi connectivity index (χ1n) is 9.57. The molecule has 2 aliphatic rings. The summed E-state index contributed by atoms with van der Waals surface area (Å²) in [6, 6.07) is 16.5. The molecule has 134 valence electrons. The fraction of sp³-hybridized carbons (Fsp3) is 0.417. The number of aromatic hydroxyl groups is 1. The average molecular weight is 346 g/mol. The van der Waals surface area contributed by atoms with Crippen molar-refractivity contribution in [3.05, 3.63) is 65.2 Å². The molecule has 1 saturated carbocycles. The maximum atomic E-state index is 11.0. The van der Waals surface area contributed by atoms with Crippen LogP contribution < -0.4 is 0 Å². The number of phenolic OH excluding ortho intramolecular Hbond substituents is 1. The quantitative estimate of drug-likeness (QED) is 0.793. The van der Waals surface area contributed by atoms with Gasteiger partial charge >= 0.3 is 0 Å². The summed E-state index contributed by atoms with van der Waals surface area (Å²) in [7, 11) is 0. The van der Waals surface area contributed by atoms with Gasteiger partial charge < -0.3 is 10.2 Å². The fourth-order valence-electron chi connectivity index (χ4n) is 5.31. The third-order valence-corrected chi connectivity index (χ3v) is 6.46. The van der Waals surface area contributed by atoms with Crippen molar-refractivity contribution in [1.29, 1.82) is 0 Å². The Morgan fingerprint density at radius 1 is 1.12 bits per heavy atom. The minimum Gasteiger partial charge on any atom is -0.508 e. The molecule has 0 bridgehead atoms. The second-order valence-corrected chi connectivity index (χ2v) is 8.01. The van der Waals surface area contributed by atoms with E-state index in [0.29, 0.717) is 18.1 Å². The molecule has 1 fully saturated rings. The van der Waals surface area contributed by atoms with Gasteiger partial charge in [-0.05, 0) is 80.2 Å². The molecule has 0 spiro atoms. The fourth-order valence-corrected chi connectivity index (χ4v) is 5.31. The lowest BCUT2D eigenvalue weighted by atomic mass is 9.52. The standard InChI is InChI=1S/C24H26O2/c1-2-12-23(26)13-14-24(16-18-6-4-3-5-7-18)20(17-23)9-8-19-15-21(25)10-11-22(19)24/h3-7,10-11,15,20,25-26H,8-9,13-14,16-17H2,1H3. The second-order valence-electron chi connectivity index (χ2n) is 8.01. The van der Waals surface area contributed by atoms with Gasteiger partial charge in [-0.15, -0.1) is 5.92 Å². The van der Waals surface area contributed by atoms with Crippen LogP contribution in [0.25, 0.3) is 0 Å². The zero-order chi connectivity index (χ0) is 18.2. The molecule has 0 saturated heterocycles. The molecule has 2 aromatic rings. The number of rotatable bonds is 2. The third kappa shape index (κ3) is 2.91. The normalized spacial score (nSPS) is 29.8. The van der Waals surface area contributed by atoms with E-state index >= 15 is 0 Å². The van der Waals surface area contributed by atoms with E-state index < -0.39 is 5.60 Å². The molecular formula is C24H26O2. The molecule has 0 aliphatic heterocycles. The summed E-state index contributed by atoms with van der Waals surface area (Å²) in [5, 5.41) is 20.9. The lowest BCUT2D eigenvalue weighted by molar-refractivity contribution is -0.00804. The van der Waals surface area contributed by atoms with Crippen molar-refractivity contribution in [1.82, 2.24) is 0 Å². The highest BCUT2D eigenvalue weighted by atomic mass is 16.3. The van der Waals surface area contributed by atoms with Gasteiger partial charge in [-0.3, -0.25) is 0 Å². The first-order valence-corrected chi connectivity index (χ1v) is 9.57. The van der Waals surface area contributed by atoms with E-state index in [2.05, 4.69) is 48.2 Å². The highest BCUT2D eigenvalue weighted by Gasteiger charge is 2.51. The van der Waals surface area contributed by atoms with E-state index in [1.165, 1.54) is 16.7 Å². The maximum absolute atomic E-state index is 11.0. The first kappa shape index (κ1) is 17.2. The molecule has 26 heavy (non-hydrogen) atoms. The molecule has 2 N–H and O–H groups in total. The predicted molar refractivity (Wildman–Crippen MR) is 104 cm³/mol. The van der Waals surface area contributed by atoms with Gasteiger partial charge in [0.25, 0.3) is 0 Å². The van der Waals surface area contributed by atoms with E-state index in [1.54, 1.807) is 0 Å². The highest BCUT2D eigenvalue weighted by molar-refractivity contribution is 5.45. The van der Waals surface area contributed by atoms with Crippen LogP contribution in [0.15, 0.2) is 48.5 Å². The Bertz CT molecular complexity index is 861. The van der Waals surface area contributed by atoms with Gasteiger partial charge in [0.05, 0.1) is 0 Å². The molecule has 0 radical (unpaired) electrons. The van der Waals surface area contributed by atoms with Crippen LogP contribution in [0.3, 0.4) is 0 Å². The molecule has 3 unspecified atom stereocenters. The maximum Gasteiger partial charge on any atom is 0.125 e. The van der Waals surface area contributed by atoms with Gasteiger partial charge in [-0.1, -0.05) is 42.3 Å². The number of aryl methyl sites for hydroxylation is 1. The number of hydrogen-bond donors (Lipinski definition) is 2. The van der Waals surface area contributed by atoms with Crippen LogP contribution in [0.4, 0.5) is 0 Å². The van der Waals surface area contributed by atoms with Crippen LogP contribution in [-0.4, -0.2) is 15.8 Å². The van der Waals surface area contributed by atoms with Crippen molar-refractivity contribution >= 4 is 0 Å². The first-order chi connectivity index (χ1) is 12.5. The Labute approximate surface area is 155 Å². The monoisotopic (exact) mass is 346 g/mol. The molecule has 0 heterocycles. The largest absolute Gasteiger partial charge is 0.508 e. The molecule has 2 heteroatoms. The molecule has 2 aliphatic carbocycles. The number of benzene rings is 2. The minimum atomic E-state index is -0.853. The van der Waals surface area contributed by atoms with Crippen molar-refractivity contribution in [3.8, 4) is 17.6 Å². The van der Waals surface area contributed by atoms with Crippen molar-refractivity contribution in [3.63, 3.8) is 0 Å². The summed E-state index contributed by atoms with van der Waals surface area (Å²) in [6.07, 6.45) is 5.34. The summed E-state index contributed by atoms with van der Waals surface area (Å²) in [5.41, 5.74) is 3.13. The zero-order valence-electron chi connectivity index (χ0n) is 15.3. The topological polar surface area (TPSA) is 40.5 Å². The van der Waals surface area contributed by atoms with Gasteiger partial charge in [-0.25, -0.2) is 0 Å². The van der Waals surface area contributed by atoms with Gasteiger partial charge in [0.2, 0.25) is 0 Å². The second kappa shape index (κ2) is 6.49. The Hall–Kier alpha value is -2.24. The van der Waals surface area contributed by atoms with E-state index in [4.69, 9.17) is 0 Å².